The summed E-state index contributed by atoms with van der Waals surface area (Å²) in [4.78, 5) is 15.3. The van der Waals surface area contributed by atoms with Gasteiger partial charge < -0.3 is 4.74 Å². The maximum Gasteiger partial charge on any atom is 0.164 e. The molecule has 9 aromatic rings. The van der Waals surface area contributed by atoms with Crippen LogP contribution in [0.4, 0.5) is 0 Å². The minimum Gasteiger partial charge on any atom is -0.484 e. The van der Waals surface area contributed by atoms with Gasteiger partial charge in [-0.05, 0) is 55.4 Å². The Kier molecular flexibility index (Phi) is 7.92. The molecule has 0 saturated carbocycles. The van der Waals surface area contributed by atoms with Crippen molar-refractivity contribution in [2.45, 2.75) is 12.0 Å². The quantitative estimate of drug-likeness (QED) is 0.171. The topological polar surface area (TPSA) is 47.9 Å². The average molecular weight is 730 g/mol. The van der Waals surface area contributed by atoms with Gasteiger partial charge in [0, 0.05) is 33.7 Å². The van der Waals surface area contributed by atoms with Crippen LogP contribution in [0, 0.1) is 0 Å². The molecule has 11 rings (SSSR count). The van der Waals surface area contributed by atoms with Crippen LogP contribution in [-0.2, 0) is 0 Å². The van der Waals surface area contributed by atoms with Crippen molar-refractivity contribution in [3.8, 4) is 73.3 Å². The fraction of sp³-hybridized carbons (Fsp3) is 0.0377. The highest BCUT2D eigenvalue weighted by molar-refractivity contribution is 5.98. The number of rotatable bonds is 6. The normalized spacial score (nSPS) is 15.4. The summed E-state index contributed by atoms with van der Waals surface area (Å²) in [6.45, 7) is 0. The number of hydrogen-bond acceptors (Lipinski definition) is 4. The third-order valence-corrected chi connectivity index (χ3v) is 11.3. The van der Waals surface area contributed by atoms with E-state index in [1.807, 2.05) is 0 Å². The van der Waals surface area contributed by atoms with Crippen molar-refractivity contribution in [2.24, 2.45) is 0 Å². The molecule has 57 heavy (non-hydrogen) atoms. The first kappa shape index (κ1) is 33.0. The maximum atomic E-state index is 6.48. The zero-order valence-electron chi connectivity index (χ0n) is 31.0. The summed E-state index contributed by atoms with van der Waals surface area (Å²) in [5, 5.41) is 4.90. The Labute approximate surface area is 331 Å². The predicted octanol–water partition coefficient (Wildman–Crippen LogP) is 13.2. The van der Waals surface area contributed by atoms with E-state index in [0.29, 0.717) is 17.5 Å². The summed E-state index contributed by atoms with van der Waals surface area (Å²) in [6, 6.07) is 62.0. The molecule has 4 heteroatoms. The lowest BCUT2D eigenvalue weighted by atomic mass is 9.90. The van der Waals surface area contributed by atoms with Gasteiger partial charge in [0.1, 0.15) is 11.9 Å². The van der Waals surface area contributed by atoms with E-state index in [1.54, 1.807) is 0 Å². The summed E-state index contributed by atoms with van der Waals surface area (Å²) >= 11 is 0. The second-order valence-corrected chi connectivity index (χ2v) is 14.7. The highest BCUT2D eigenvalue weighted by Gasteiger charge is 2.33. The molecule has 0 amide bonds. The van der Waals surface area contributed by atoms with Crippen LogP contribution in [0.25, 0.3) is 89.1 Å². The summed E-state index contributed by atoms with van der Waals surface area (Å²) in [5.74, 6) is 3.07. The summed E-state index contributed by atoms with van der Waals surface area (Å²) in [6.07, 6.45) is 8.58. The van der Waals surface area contributed by atoms with E-state index >= 15 is 0 Å². The molecule has 2 heterocycles. The molecule has 0 saturated heterocycles. The van der Waals surface area contributed by atoms with Crippen LogP contribution < -0.4 is 4.74 Å². The average Bonchev–Trinajstić information content (AvgIpc) is 3.68. The molecule has 8 aromatic carbocycles. The third kappa shape index (κ3) is 5.90. The molecule has 0 fully saturated rings. The molecule has 4 nitrogen and oxygen atoms in total. The molecule has 2 aliphatic rings. The van der Waals surface area contributed by atoms with Gasteiger partial charge in [0.15, 0.2) is 17.5 Å². The van der Waals surface area contributed by atoms with Crippen LogP contribution in [0.1, 0.15) is 11.5 Å². The molecule has 0 spiro atoms. The highest BCUT2D eigenvalue weighted by atomic mass is 16.5. The van der Waals surface area contributed by atoms with Crippen molar-refractivity contribution in [1.82, 2.24) is 15.0 Å². The van der Waals surface area contributed by atoms with Gasteiger partial charge in [-0.15, -0.1) is 0 Å². The second kappa shape index (κ2) is 13.7. The number of allylic oxidation sites excluding steroid dienone is 2. The highest BCUT2D eigenvalue weighted by Crippen LogP contribution is 2.46. The molecule has 1 aliphatic heterocycles. The van der Waals surface area contributed by atoms with E-state index in [-0.39, 0.29) is 12.0 Å². The minimum atomic E-state index is 0.0368. The number of benzene rings is 8. The third-order valence-electron chi connectivity index (χ3n) is 11.3. The second-order valence-electron chi connectivity index (χ2n) is 14.7. The van der Waals surface area contributed by atoms with Crippen LogP contribution in [0.3, 0.4) is 0 Å². The van der Waals surface area contributed by atoms with E-state index in [1.165, 1.54) is 38.2 Å². The van der Waals surface area contributed by atoms with Gasteiger partial charge in [0.25, 0.3) is 0 Å². The first-order valence-electron chi connectivity index (χ1n) is 19.4. The Bertz CT molecular complexity index is 2880. The molecular formula is C53H35N3O. The lowest BCUT2D eigenvalue weighted by molar-refractivity contribution is 0.270. The molecule has 1 aliphatic carbocycles. The first-order valence-corrected chi connectivity index (χ1v) is 19.4. The van der Waals surface area contributed by atoms with E-state index in [4.69, 9.17) is 19.7 Å². The lowest BCUT2D eigenvalue weighted by Gasteiger charge is -2.14. The van der Waals surface area contributed by atoms with Gasteiger partial charge in [-0.1, -0.05) is 194 Å². The molecule has 268 valence electrons. The molecule has 0 bridgehead atoms. The van der Waals surface area contributed by atoms with Crippen LogP contribution >= 0.6 is 0 Å². The Balaban J connectivity index is 0.980. The molecular weight excluding hydrogens is 695 g/mol. The van der Waals surface area contributed by atoms with E-state index in [0.717, 1.165) is 44.7 Å². The van der Waals surface area contributed by atoms with Gasteiger partial charge >= 0.3 is 0 Å². The largest absolute Gasteiger partial charge is 0.484 e. The van der Waals surface area contributed by atoms with Crippen molar-refractivity contribution in [3.05, 3.63) is 206 Å². The minimum absolute atomic E-state index is 0.0368. The van der Waals surface area contributed by atoms with Crippen LogP contribution in [0.5, 0.6) is 5.75 Å². The lowest BCUT2D eigenvalue weighted by Crippen LogP contribution is -2.15. The number of fused-ring (bicyclic) bond motifs is 5. The number of ether oxygens (including phenoxy) is 1. The van der Waals surface area contributed by atoms with Gasteiger partial charge in [-0.3, -0.25) is 0 Å². The van der Waals surface area contributed by atoms with Gasteiger partial charge in [-0.2, -0.15) is 0 Å². The SMILES string of the molecule is C1=CC2Oc3c(-c4ccc(-c5nc(-c6ccc(-c7cccc8ccccc78)cc6)nc(-c6ccc(-c7cccc8ccccc78)cc6)n5)cc4)cccc3C2C=C1. The van der Waals surface area contributed by atoms with Crippen LogP contribution in [0.2, 0.25) is 0 Å². The van der Waals surface area contributed by atoms with Crippen molar-refractivity contribution in [2.75, 3.05) is 0 Å². The summed E-state index contributed by atoms with van der Waals surface area (Å²) in [7, 11) is 0. The van der Waals surface area contributed by atoms with Crippen LogP contribution in [0.15, 0.2) is 200 Å². The van der Waals surface area contributed by atoms with Gasteiger partial charge in [-0.25, -0.2) is 15.0 Å². The molecule has 0 N–H and O–H groups in total. The molecule has 1 aromatic heterocycles. The van der Waals surface area contributed by atoms with Crippen molar-refractivity contribution in [1.29, 1.82) is 0 Å². The Morgan fingerprint density at radius 3 is 1.28 bits per heavy atom. The standard InChI is InChI=1S/C53H35N3O/c1-3-14-42-34(10-1)12-7-17-44(42)36-22-28-39(29-23-36)51-54-52(40-30-24-37(25-31-40)45-18-8-13-35-11-2-4-15-43(35)45)56-53(55-51)41-32-26-38(27-33-41)46-19-9-20-48-47-16-5-6-21-49(47)57-50(46)48/h1-33,47,49H. The van der Waals surface area contributed by atoms with Gasteiger partial charge in [0.05, 0.1) is 0 Å². The smallest absolute Gasteiger partial charge is 0.164 e. The first-order chi connectivity index (χ1) is 28.2. The van der Waals surface area contributed by atoms with Gasteiger partial charge in [0.2, 0.25) is 0 Å². The van der Waals surface area contributed by atoms with E-state index < -0.39 is 0 Å². The Morgan fingerprint density at radius 1 is 0.351 bits per heavy atom. The number of hydrogen-bond donors (Lipinski definition) is 0. The van der Waals surface area contributed by atoms with E-state index in [9.17, 15) is 0 Å². The number of nitrogens with zero attached hydrogens (tertiary/aromatic N) is 3. The fourth-order valence-electron chi connectivity index (χ4n) is 8.41. The van der Waals surface area contributed by atoms with Crippen LogP contribution in [-0.4, -0.2) is 21.1 Å². The monoisotopic (exact) mass is 729 g/mol. The molecule has 2 unspecified atom stereocenters. The summed E-state index contributed by atoms with van der Waals surface area (Å²) in [5.41, 5.74) is 10.9. The van der Waals surface area contributed by atoms with Crippen molar-refractivity contribution >= 4 is 21.5 Å². The zero-order chi connectivity index (χ0) is 37.7. The van der Waals surface area contributed by atoms with Crippen molar-refractivity contribution in [3.63, 3.8) is 0 Å². The number of aromatic nitrogens is 3. The number of para-hydroxylation sites is 1. The van der Waals surface area contributed by atoms with Crippen molar-refractivity contribution < 1.29 is 4.74 Å². The predicted molar refractivity (Wildman–Crippen MR) is 233 cm³/mol. The molecule has 2 atom stereocenters. The summed E-state index contributed by atoms with van der Waals surface area (Å²) < 4.78 is 6.48. The Hall–Kier alpha value is -7.43. The fourth-order valence-corrected chi connectivity index (χ4v) is 8.41. The zero-order valence-corrected chi connectivity index (χ0v) is 31.0. The van der Waals surface area contributed by atoms with E-state index in [2.05, 4.69) is 200 Å². The maximum absolute atomic E-state index is 6.48. The Morgan fingerprint density at radius 2 is 0.754 bits per heavy atom. The molecule has 0 radical (unpaired) electrons.